The predicted octanol–water partition coefficient (Wildman–Crippen LogP) is 2.08. The van der Waals surface area contributed by atoms with Crippen molar-refractivity contribution in [1.29, 1.82) is 0 Å². The third-order valence-electron chi connectivity index (χ3n) is 2.58. The Morgan fingerprint density at radius 3 is 2.29 bits per heavy atom. The monoisotopic (exact) mass is 342 g/mol. The fourth-order valence-corrected chi connectivity index (χ4v) is 2.84. The van der Waals surface area contributed by atoms with Gasteiger partial charge in [0.25, 0.3) is 0 Å². The number of alkyl carbamates (subject to hydrolysis) is 1. The van der Waals surface area contributed by atoms with Crippen molar-refractivity contribution in [3.05, 3.63) is 0 Å². The van der Waals surface area contributed by atoms with Gasteiger partial charge in [-0.25, -0.2) is 17.9 Å². The van der Waals surface area contributed by atoms with Gasteiger partial charge in [-0.2, -0.15) is 0 Å². The van der Waals surface area contributed by atoms with E-state index in [1.807, 2.05) is 13.8 Å². The summed E-state index contributed by atoms with van der Waals surface area (Å²) in [5.74, 6) is 0.339. The highest BCUT2D eigenvalue weighted by molar-refractivity contribution is 7.89. The number of sulfonamides is 1. The molecule has 0 fully saturated rings. The molecule has 0 aromatic rings. The third kappa shape index (κ3) is 10.8. The van der Waals surface area contributed by atoms with Crippen LogP contribution in [0.5, 0.6) is 0 Å². The minimum Gasteiger partial charge on any atom is -0.444 e. The van der Waals surface area contributed by atoms with Crippen molar-refractivity contribution in [2.75, 3.05) is 18.2 Å². The van der Waals surface area contributed by atoms with Crippen molar-refractivity contribution >= 4 is 27.7 Å². The predicted molar refractivity (Wildman–Crippen MR) is 85.1 cm³/mol. The maximum absolute atomic E-state index is 11.7. The largest absolute Gasteiger partial charge is 0.444 e. The highest BCUT2D eigenvalue weighted by Gasteiger charge is 2.22. The van der Waals surface area contributed by atoms with E-state index >= 15 is 0 Å². The quantitative estimate of drug-likeness (QED) is 0.661. The molecule has 0 aliphatic rings. The van der Waals surface area contributed by atoms with Crippen LogP contribution in [0.3, 0.4) is 0 Å². The molecule has 0 spiro atoms. The summed E-state index contributed by atoms with van der Waals surface area (Å²) in [6, 6.07) is -0.342. The Morgan fingerprint density at radius 2 is 1.86 bits per heavy atom. The second-order valence-electron chi connectivity index (χ2n) is 6.21. The second-order valence-corrected chi connectivity index (χ2v) is 8.51. The normalized spacial score (nSPS) is 14.0. The van der Waals surface area contributed by atoms with Gasteiger partial charge in [-0.1, -0.05) is 13.8 Å². The molecule has 0 rings (SSSR count). The van der Waals surface area contributed by atoms with E-state index in [4.69, 9.17) is 16.3 Å². The molecule has 1 atom stereocenters. The number of carbonyl (C=O) groups excluding carboxylic acids is 1. The number of nitrogens with one attached hydrogen (secondary N) is 2. The molecule has 6 nitrogen and oxygen atoms in total. The van der Waals surface area contributed by atoms with E-state index in [-0.39, 0.29) is 24.3 Å². The molecule has 2 N–H and O–H groups in total. The summed E-state index contributed by atoms with van der Waals surface area (Å²) in [5, 5.41) is 2.69. The molecule has 0 aliphatic heterocycles. The van der Waals surface area contributed by atoms with Crippen molar-refractivity contribution in [3.8, 4) is 0 Å². The lowest BCUT2D eigenvalue weighted by atomic mass is 10.1. The van der Waals surface area contributed by atoms with E-state index in [9.17, 15) is 13.2 Å². The molecule has 0 radical (unpaired) electrons. The molecule has 0 aliphatic carbocycles. The SMILES string of the molecule is CC(C)[C@@H](CNS(=O)(=O)CCCCl)NC(=O)OC(C)(C)C. The Hall–Kier alpha value is -0.530. The highest BCUT2D eigenvalue weighted by Crippen LogP contribution is 2.08. The van der Waals surface area contributed by atoms with Crippen LogP contribution in [0.2, 0.25) is 0 Å². The van der Waals surface area contributed by atoms with Crippen LogP contribution < -0.4 is 10.0 Å². The van der Waals surface area contributed by atoms with Crippen LogP contribution in [0.4, 0.5) is 4.79 Å². The first-order valence-corrected chi connectivity index (χ1v) is 9.18. The van der Waals surface area contributed by atoms with Crippen LogP contribution in [-0.4, -0.2) is 44.3 Å². The summed E-state index contributed by atoms with van der Waals surface area (Å²) in [6.45, 7) is 9.23. The van der Waals surface area contributed by atoms with E-state index in [0.29, 0.717) is 12.3 Å². The standard InChI is InChI=1S/C13H27ClN2O4S/c1-10(2)11(16-12(17)20-13(3,4)5)9-15-21(18,19)8-6-7-14/h10-11,15H,6-9H2,1-5H3,(H,16,17)/t11-/m1/s1. The number of ether oxygens (including phenoxy) is 1. The van der Waals surface area contributed by atoms with Crippen LogP contribution in [0.1, 0.15) is 41.0 Å². The van der Waals surface area contributed by atoms with Gasteiger partial charge in [-0.05, 0) is 33.1 Å². The second kappa shape index (κ2) is 8.80. The van der Waals surface area contributed by atoms with Crippen LogP contribution in [0.15, 0.2) is 0 Å². The fraction of sp³-hybridized carbons (Fsp3) is 0.923. The number of alkyl halides is 1. The molecule has 1 amide bonds. The van der Waals surface area contributed by atoms with Gasteiger partial charge in [0.1, 0.15) is 5.60 Å². The highest BCUT2D eigenvalue weighted by atomic mass is 35.5. The Labute approximate surface area is 133 Å². The van der Waals surface area contributed by atoms with Gasteiger partial charge in [0.15, 0.2) is 0 Å². The van der Waals surface area contributed by atoms with E-state index in [1.165, 1.54) is 0 Å². The molecule has 0 unspecified atom stereocenters. The average Bonchev–Trinajstić information content (AvgIpc) is 2.29. The molecule has 0 saturated carbocycles. The minimum atomic E-state index is -3.37. The number of amides is 1. The lowest BCUT2D eigenvalue weighted by Crippen LogP contribution is -2.48. The van der Waals surface area contributed by atoms with Gasteiger partial charge in [0.05, 0.1) is 5.75 Å². The van der Waals surface area contributed by atoms with Crippen molar-refractivity contribution < 1.29 is 17.9 Å². The molecular formula is C13H27ClN2O4S. The number of hydrogen-bond donors (Lipinski definition) is 2. The Balaban J connectivity index is 4.48. The summed E-state index contributed by atoms with van der Waals surface area (Å²) in [5.41, 5.74) is -0.592. The van der Waals surface area contributed by atoms with Crippen molar-refractivity contribution in [2.45, 2.75) is 52.7 Å². The van der Waals surface area contributed by atoms with Gasteiger partial charge >= 0.3 is 6.09 Å². The summed E-state index contributed by atoms with van der Waals surface area (Å²) in [6.07, 6.45) is -0.163. The van der Waals surface area contributed by atoms with Crippen LogP contribution >= 0.6 is 11.6 Å². The zero-order valence-electron chi connectivity index (χ0n) is 13.4. The molecule has 0 aromatic carbocycles. The molecule has 8 heteroatoms. The Morgan fingerprint density at radius 1 is 1.29 bits per heavy atom. The smallest absolute Gasteiger partial charge is 0.407 e. The fourth-order valence-electron chi connectivity index (χ4n) is 1.45. The van der Waals surface area contributed by atoms with Gasteiger partial charge in [-0.15, -0.1) is 11.6 Å². The van der Waals surface area contributed by atoms with E-state index in [1.54, 1.807) is 20.8 Å². The molecule has 0 heterocycles. The summed E-state index contributed by atoms with van der Waals surface area (Å²) in [4.78, 5) is 11.7. The van der Waals surface area contributed by atoms with E-state index < -0.39 is 21.7 Å². The molecule has 0 aromatic heterocycles. The summed E-state index contributed by atoms with van der Waals surface area (Å²) < 4.78 is 31.1. The van der Waals surface area contributed by atoms with Crippen molar-refractivity contribution in [2.24, 2.45) is 5.92 Å². The maximum Gasteiger partial charge on any atom is 0.407 e. The first kappa shape index (κ1) is 20.5. The topological polar surface area (TPSA) is 84.5 Å². The summed E-state index contributed by atoms with van der Waals surface area (Å²) in [7, 11) is -3.37. The maximum atomic E-state index is 11.7. The number of hydrogen-bond acceptors (Lipinski definition) is 4. The van der Waals surface area contributed by atoms with Gasteiger partial charge < -0.3 is 10.1 Å². The van der Waals surface area contributed by atoms with Gasteiger partial charge in [0, 0.05) is 18.5 Å². The van der Waals surface area contributed by atoms with Crippen LogP contribution in [0, 0.1) is 5.92 Å². The molecule has 126 valence electrons. The number of rotatable bonds is 8. The zero-order valence-corrected chi connectivity index (χ0v) is 15.0. The number of carbonyl (C=O) groups is 1. The molecular weight excluding hydrogens is 316 g/mol. The minimum absolute atomic E-state index is 0.0201. The molecule has 21 heavy (non-hydrogen) atoms. The molecule has 0 bridgehead atoms. The van der Waals surface area contributed by atoms with Gasteiger partial charge in [-0.3, -0.25) is 0 Å². The zero-order chi connectivity index (χ0) is 16.7. The van der Waals surface area contributed by atoms with Crippen LogP contribution in [0.25, 0.3) is 0 Å². The van der Waals surface area contributed by atoms with Crippen molar-refractivity contribution in [1.82, 2.24) is 10.0 Å². The Kier molecular flexibility index (Phi) is 8.58. The molecule has 0 saturated heterocycles. The van der Waals surface area contributed by atoms with E-state index in [0.717, 1.165) is 0 Å². The third-order valence-corrected chi connectivity index (χ3v) is 4.28. The lowest BCUT2D eigenvalue weighted by Gasteiger charge is -2.26. The summed E-state index contributed by atoms with van der Waals surface area (Å²) >= 11 is 5.49. The Bertz CT molecular complexity index is 418. The van der Waals surface area contributed by atoms with Crippen LogP contribution in [-0.2, 0) is 14.8 Å². The van der Waals surface area contributed by atoms with Gasteiger partial charge in [0.2, 0.25) is 10.0 Å². The van der Waals surface area contributed by atoms with E-state index in [2.05, 4.69) is 10.0 Å². The van der Waals surface area contributed by atoms with Crippen molar-refractivity contribution in [3.63, 3.8) is 0 Å². The number of halogens is 1. The average molecular weight is 343 g/mol. The first-order chi connectivity index (χ1) is 9.47. The lowest BCUT2D eigenvalue weighted by molar-refractivity contribution is 0.0491. The first-order valence-electron chi connectivity index (χ1n) is 6.99.